The third kappa shape index (κ3) is 4.00. The molecule has 0 aliphatic rings. The third-order valence-corrected chi connectivity index (χ3v) is 2.40. The lowest BCUT2D eigenvalue weighted by atomic mass is 10.0. The summed E-state index contributed by atoms with van der Waals surface area (Å²) in [6, 6.07) is 6.96. The standard InChI is InChI=1S/C13H16O4/c1-3-17-12(13(15)16)8-10-5-4-6-11(7-10)9(2)14/h4-7,12H,3,8H2,1-2H3,(H,15,16). The van der Waals surface area contributed by atoms with Gasteiger partial charge in [0.1, 0.15) is 0 Å². The van der Waals surface area contributed by atoms with Gasteiger partial charge in [-0.15, -0.1) is 0 Å². The lowest BCUT2D eigenvalue weighted by Gasteiger charge is -2.12. The molecule has 1 N–H and O–H groups in total. The number of hydrogen-bond acceptors (Lipinski definition) is 3. The lowest BCUT2D eigenvalue weighted by Crippen LogP contribution is -2.26. The van der Waals surface area contributed by atoms with Crippen molar-refractivity contribution in [2.24, 2.45) is 0 Å². The van der Waals surface area contributed by atoms with Crippen LogP contribution in [0.3, 0.4) is 0 Å². The predicted molar refractivity (Wildman–Crippen MR) is 63.2 cm³/mol. The van der Waals surface area contributed by atoms with Crippen molar-refractivity contribution in [1.82, 2.24) is 0 Å². The predicted octanol–water partition coefficient (Wildman–Crippen LogP) is 1.92. The zero-order valence-corrected chi connectivity index (χ0v) is 9.97. The molecule has 0 amide bonds. The molecule has 0 radical (unpaired) electrons. The number of carbonyl (C=O) groups is 2. The van der Waals surface area contributed by atoms with Crippen LogP contribution in [0.25, 0.3) is 0 Å². The molecule has 0 spiro atoms. The summed E-state index contributed by atoms with van der Waals surface area (Å²) < 4.78 is 5.12. The second-order valence-corrected chi connectivity index (χ2v) is 3.74. The second-order valence-electron chi connectivity index (χ2n) is 3.74. The highest BCUT2D eigenvalue weighted by Gasteiger charge is 2.18. The van der Waals surface area contributed by atoms with E-state index in [0.29, 0.717) is 12.2 Å². The van der Waals surface area contributed by atoms with Crippen molar-refractivity contribution in [1.29, 1.82) is 0 Å². The van der Waals surface area contributed by atoms with Crippen LogP contribution in [-0.4, -0.2) is 29.6 Å². The molecule has 0 saturated carbocycles. The van der Waals surface area contributed by atoms with Gasteiger partial charge in [-0.3, -0.25) is 4.79 Å². The van der Waals surface area contributed by atoms with E-state index in [1.54, 1.807) is 31.2 Å². The van der Waals surface area contributed by atoms with Crippen LogP contribution in [0.15, 0.2) is 24.3 Å². The van der Waals surface area contributed by atoms with E-state index < -0.39 is 12.1 Å². The lowest BCUT2D eigenvalue weighted by molar-refractivity contribution is -0.149. The van der Waals surface area contributed by atoms with Gasteiger partial charge >= 0.3 is 5.97 Å². The number of carboxylic acids is 1. The van der Waals surface area contributed by atoms with Gasteiger partial charge in [-0.2, -0.15) is 0 Å². The number of rotatable bonds is 6. The van der Waals surface area contributed by atoms with E-state index in [1.165, 1.54) is 6.92 Å². The smallest absolute Gasteiger partial charge is 0.333 e. The molecule has 1 atom stereocenters. The van der Waals surface area contributed by atoms with Gasteiger partial charge in [0, 0.05) is 18.6 Å². The molecule has 92 valence electrons. The van der Waals surface area contributed by atoms with Crippen molar-refractivity contribution < 1.29 is 19.4 Å². The highest BCUT2D eigenvalue weighted by atomic mass is 16.5. The van der Waals surface area contributed by atoms with Gasteiger partial charge < -0.3 is 9.84 Å². The zero-order valence-electron chi connectivity index (χ0n) is 9.97. The van der Waals surface area contributed by atoms with Crippen molar-refractivity contribution in [3.05, 3.63) is 35.4 Å². The summed E-state index contributed by atoms with van der Waals surface area (Å²) in [5.74, 6) is -1.02. The van der Waals surface area contributed by atoms with Gasteiger partial charge in [-0.1, -0.05) is 18.2 Å². The van der Waals surface area contributed by atoms with Crippen molar-refractivity contribution in [2.45, 2.75) is 26.4 Å². The number of Topliss-reactive ketones (excluding diaryl/α,β-unsaturated/α-hetero) is 1. The largest absolute Gasteiger partial charge is 0.479 e. The van der Waals surface area contributed by atoms with E-state index in [1.807, 2.05) is 0 Å². The molecule has 0 saturated heterocycles. The first kappa shape index (κ1) is 13.4. The first-order valence-electron chi connectivity index (χ1n) is 5.49. The molecule has 4 heteroatoms. The fourth-order valence-corrected chi connectivity index (χ4v) is 1.55. The average molecular weight is 236 g/mol. The fourth-order valence-electron chi connectivity index (χ4n) is 1.55. The van der Waals surface area contributed by atoms with Crippen molar-refractivity contribution in [2.75, 3.05) is 6.61 Å². The topological polar surface area (TPSA) is 63.6 Å². The highest BCUT2D eigenvalue weighted by molar-refractivity contribution is 5.94. The first-order chi connectivity index (χ1) is 8.04. The number of carbonyl (C=O) groups excluding carboxylic acids is 1. The summed E-state index contributed by atoms with van der Waals surface area (Å²) in [6.07, 6.45) is -0.591. The van der Waals surface area contributed by atoms with Crippen LogP contribution in [0, 0.1) is 0 Å². The summed E-state index contributed by atoms with van der Waals surface area (Å²) in [5.41, 5.74) is 1.38. The van der Waals surface area contributed by atoms with Crippen LogP contribution in [0.5, 0.6) is 0 Å². The Bertz CT molecular complexity index is 412. The molecule has 1 rings (SSSR count). The minimum absolute atomic E-state index is 0.0323. The van der Waals surface area contributed by atoms with E-state index >= 15 is 0 Å². The van der Waals surface area contributed by atoms with Crippen LogP contribution in [0.2, 0.25) is 0 Å². The van der Waals surface area contributed by atoms with Crippen LogP contribution in [0.4, 0.5) is 0 Å². The molecular weight excluding hydrogens is 220 g/mol. The van der Waals surface area contributed by atoms with E-state index in [0.717, 1.165) is 5.56 Å². The Morgan fingerprint density at radius 1 is 1.41 bits per heavy atom. The molecule has 0 aromatic heterocycles. The van der Waals surface area contributed by atoms with Gasteiger partial charge in [-0.25, -0.2) is 4.79 Å². The molecular formula is C13H16O4. The minimum Gasteiger partial charge on any atom is -0.479 e. The SMILES string of the molecule is CCOC(Cc1cccc(C(C)=O)c1)C(=O)O. The number of aliphatic carboxylic acids is 1. The molecule has 17 heavy (non-hydrogen) atoms. The molecule has 0 fully saturated rings. The molecule has 0 bridgehead atoms. The summed E-state index contributed by atoms with van der Waals surface area (Å²) in [7, 11) is 0. The molecule has 0 heterocycles. The third-order valence-electron chi connectivity index (χ3n) is 2.40. The Hall–Kier alpha value is -1.68. The molecule has 1 unspecified atom stereocenters. The maximum absolute atomic E-state index is 11.2. The Kier molecular flexibility index (Phi) is 4.84. The summed E-state index contributed by atoms with van der Waals surface area (Å²) in [5, 5.41) is 8.95. The monoisotopic (exact) mass is 236 g/mol. The summed E-state index contributed by atoms with van der Waals surface area (Å²) >= 11 is 0. The van der Waals surface area contributed by atoms with Crippen LogP contribution >= 0.6 is 0 Å². The van der Waals surface area contributed by atoms with Gasteiger partial charge in [-0.05, 0) is 25.5 Å². The number of carboxylic acid groups (broad SMARTS) is 1. The van der Waals surface area contributed by atoms with Gasteiger partial charge in [0.15, 0.2) is 11.9 Å². The van der Waals surface area contributed by atoms with Crippen LogP contribution < -0.4 is 0 Å². The molecule has 0 aliphatic carbocycles. The molecule has 1 aromatic rings. The Morgan fingerprint density at radius 2 is 2.12 bits per heavy atom. The fraction of sp³-hybridized carbons (Fsp3) is 0.385. The van der Waals surface area contributed by atoms with E-state index in [2.05, 4.69) is 0 Å². The molecule has 1 aromatic carbocycles. The Balaban J connectivity index is 2.82. The Labute approximate surface area is 100 Å². The highest BCUT2D eigenvalue weighted by Crippen LogP contribution is 2.10. The van der Waals surface area contributed by atoms with Crippen LogP contribution in [-0.2, 0) is 16.0 Å². The number of hydrogen-bond donors (Lipinski definition) is 1. The molecule has 0 aliphatic heterocycles. The first-order valence-corrected chi connectivity index (χ1v) is 5.49. The number of benzene rings is 1. The van der Waals surface area contributed by atoms with E-state index in [9.17, 15) is 9.59 Å². The van der Waals surface area contributed by atoms with Crippen LogP contribution in [0.1, 0.15) is 29.8 Å². The van der Waals surface area contributed by atoms with Crippen molar-refractivity contribution >= 4 is 11.8 Å². The van der Waals surface area contributed by atoms with Crippen molar-refractivity contribution in [3.63, 3.8) is 0 Å². The summed E-state index contributed by atoms with van der Waals surface area (Å²) in [4.78, 5) is 22.1. The normalized spacial score (nSPS) is 12.1. The quantitative estimate of drug-likeness (QED) is 0.766. The second kappa shape index (κ2) is 6.15. The van der Waals surface area contributed by atoms with Gasteiger partial charge in [0.05, 0.1) is 0 Å². The van der Waals surface area contributed by atoms with Gasteiger partial charge in [0.2, 0.25) is 0 Å². The zero-order chi connectivity index (χ0) is 12.8. The maximum Gasteiger partial charge on any atom is 0.333 e. The van der Waals surface area contributed by atoms with Crippen molar-refractivity contribution in [3.8, 4) is 0 Å². The van der Waals surface area contributed by atoms with E-state index in [4.69, 9.17) is 9.84 Å². The number of ether oxygens (including phenoxy) is 1. The minimum atomic E-state index is -0.986. The maximum atomic E-state index is 11.2. The van der Waals surface area contributed by atoms with E-state index in [-0.39, 0.29) is 12.2 Å². The molecule has 4 nitrogen and oxygen atoms in total. The summed E-state index contributed by atoms with van der Waals surface area (Å²) in [6.45, 7) is 3.58. The Morgan fingerprint density at radius 3 is 2.65 bits per heavy atom. The van der Waals surface area contributed by atoms with Gasteiger partial charge in [0.25, 0.3) is 0 Å². The number of ketones is 1. The average Bonchev–Trinajstić information content (AvgIpc) is 2.28.